The van der Waals surface area contributed by atoms with Crippen molar-refractivity contribution in [2.45, 2.75) is 19.0 Å². The molecule has 1 N–H and O–H groups in total. The number of urea groups is 1. The van der Waals surface area contributed by atoms with E-state index in [2.05, 4.69) is 22.4 Å². The number of nitrogens with zero attached hydrogens (tertiary/aromatic N) is 3. The second kappa shape index (κ2) is 9.35. The number of aromatic nitrogens is 1. The maximum Gasteiger partial charge on any atom is 0.417 e. The molecular weight excluding hydrogens is 405 g/mol. The number of pyridine rings is 1. The Kier molecular flexibility index (Phi) is 6.84. The first-order chi connectivity index (χ1) is 13.8. The molecule has 2 aromatic rings. The molecule has 0 unspecified atom stereocenters. The summed E-state index contributed by atoms with van der Waals surface area (Å²) < 4.78 is 38.2. The Bertz CT molecular complexity index is 824. The van der Waals surface area contributed by atoms with Crippen molar-refractivity contribution in [3.05, 3.63) is 58.7 Å². The molecule has 0 saturated carbocycles. The molecule has 5 nitrogen and oxygen atoms in total. The fourth-order valence-electron chi connectivity index (χ4n) is 3.18. The van der Waals surface area contributed by atoms with E-state index in [-0.39, 0.29) is 11.1 Å². The van der Waals surface area contributed by atoms with E-state index in [9.17, 15) is 18.0 Å². The van der Waals surface area contributed by atoms with E-state index in [0.717, 1.165) is 25.1 Å². The number of benzene rings is 1. The van der Waals surface area contributed by atoms with Gasteiger partial charge in [-0.15, -0.1) is 0 Å². The topological polar surface area (TPSA) is 48.5 Å². The summed E-state index contributed by atoms with van der Waals surface area (Å²) >= 11 is 6.01. The van der Waals surface area contributed by atoms with E-state index in [1.54, 1.807) is 9.80 Å². The van der Waals surface area contributed by atoms with E-state index in [1.807, 2.05) is 18.2 Å². The van der Waals surface area contributed by atoms with Crippen LogP contribution in [0.4, 0.5) is 23.8 Å². The van der Waals surface area contributed by atoms with Gasteiger partial charge in [-0.2, -0.15) is 13.2 Å². The molecule has 1 aromatic heterocycles. The second-order valence-electron chi connectivity index (χ2n) is 6.82. The Hall–Kier alpha value is -2.48. The van der Waals surface area contributed by atoms with Crippen LogP contribution in [0.5, 0.6) is 0 Å². The Balaban J connectivity index is 1.44. The van der Waals surface area contributed by atoms with Gasteiger partial charge < -0.3 is 15.1 Å². The smallest absolute Gasteiger partial charge is 0.352 e. The molecule has 1 saturated heterocycles. The number of alkyl halides is 3. The van der Waals surface area contributed by atoms with Crippen LogP contribution in [0.3, 0.4) is 0 Å². The fourth-order valence-corrected chi connectivity index (χ4v) is 3.47. The van der Waals surface area contributed by atoms with Gasteiger partial charge in [-0.1, -0.05) is 41.9 Å². The van der Waals surface area contributed by atoms with Gasteiger partial charge in [0.15, 0.2) is 0 Å². The number of carbonyl (C=O) groups excluding carboxylic acids is 1. The van der Waals surface area contributed by atoms with Crippen LogP contribution in [0.2, 0.25) is 5.02 Å². The lowest BCUT2D eigenvalue weighted by Crippen LogP contribution is -2.52. The number of rotatable bonds is 5. The molecule has 0 bridgehead atoms. The zero-order chi connectivity index (χ0) is 20.9. The van der Waals surface area contributed by atoms with Crippen molar-refractivity contribution in [1.29, 1.82) is 0 Å². The molecule has 0 aliphatic carbocycles. The van der Waals surface area contributed by atoms with Crippen LogP contribution in [-0.2, 0) is 12.6 Å². The Morgan fingerprint density at radius 1 is 1.14 bits per heavy atom. The van der Waals surface area contributed by atoms with Crippen molar-refractivity contribution in [3.8, 4) is 0 Å². The van der Waals surface area contributed by atoms with E-state index >= 15 is 0 Å². The number of carbonyl (C=O) groups is 1. The minimum absolute atomic E-state index is 0.0429. The zero-order valence-corrected chi connectivity index (χ0v) is 16.5. The average molecular weight is 427 g/mol. The van der Waals surface area contributed by atoms with E-state index in [4.69, 9.17) is 11.6 Å². The second-order valence-corrected chi connectivity index (χ2v) is 7.23. The third-order valence-corrected chi connectivity index (χ3v) is 5.05. The molecule has 0 atom stereocenters. The minimum atomic E-state index is -4.48. The van der Waals surface area contributed by atoms with E-state index in [0.29, 0.717) is 38.5 Å². The number of amides is 2. The van der Waals surface area contributed by atoms with Crippen LogP contribution in [0.15, 0.2) is 42.6 Å². The third-order valence-electron chi connectivity index (χ3n) is 4.78. The van der Waals surface area contributed by atoms with Gasteiger partial charge in [0.25, 0.3) is 0 Å². The lowest BCUT2D eigenvalue weighted by molar-refractivity contribution is -0.137. The predicted molar refractivity (Wildman–Crippen MR) is 106 cm³/mol. The first-order valence-electron chi connectivity index (χ1n) is 9.39. The monoisotopic (exact) mass is 426 g/mol. The third kappa shape index (κ3) is 5.76. The van der Waals surface area contributed by atoms with Crippen molar-refractivity contribution in [2.24, 2.45) is 0 Å². The SMILES string of the molecule is O=C(NCCCc1ccccc1)N1CCN(c2ncc(C(F)(F)F)cc2Cl)CC1. The summed E-state index contributed by atoms with van der Waals surface area (Å²) in [5.41, 5.74) is 0.357. The van der Waals surface area contributed by atoms with Gasteiger partial charge in [0.1, 0.15) is 5.82 Å². The zero-order valence-electron chi connectivity index (χ0n) is 15.8. The van der Waals surface area contributed by atoms with Crippen molar-refractivity contribution >= 4 is 23.4 Å². The van der Waals surface area contributed by atoms with Crippen LogP contribution < -0.4 is 10.2 Å². The van der Waals surface area contributed by atoms with Gasteiger partial charge in [0.05, 0.1) is 10.6 Å². The lowest BCUT2D eigenvalue weighted by Gasteiger charge is -2.35. The molecular formula is C20H22ClF3N4O. The van der Waals surface area contributed by atoms with Gasteiger partial charge in [-0.05, 0) is 24.5 Å². The standard InChI is InChI=1S/C20H22ClF3N4O/c21-17-13-16(20(22,23)24)14-26-18(17)27-9-11-28(12-10-27)19(29)25-8-4-7-15-5-2-1-3-6-15/h1-3,5-6,13-14H,4,7-12H2,(H,25,29). The van der Waals surface area contributed by atoms with Crippen molar-refractivity contribution in [2.75, 3.05) is 37.6 Å². The molecule has 0 spiro atoms. The van der Waals surface area contributed by atoms with E-state index < -0.39 is 11.7 Å². The fraction of sp³-hybridized carbons (Fsp3) is 0.400. The molecule has 2 amide bonds. The van der Waals surface area contributed by atoms with Crippen molar-refractivity contribution in [3.63, 3.8) is 0 Å². The number of piperazine rings is 1. The van der Waals surface area contributed by atoms with Crippen molar-refractivity contribution < 1.29 is 18.0 Å². The molecule has 9 heteroatoms. The largest absolute Gasteiger partial charge is 0.417 e. The summed E-state index contributed by atoms with van der Waals surface area (Å²) in [6.45, 7) is 2.39. The molecule has 3 rings (SSSR count). The van der Waals surface area contributed by atoms with E-state index in [1.165, 1.54) is 5.56 Å². The summed E-state index contributed by atoms with van der Waals surface area (Å²) in [6.07, 6.45) is -1.95. The Labute approximate surface area is 172 Å². The Morgan fingerprint density at radius 2 is 1.83 bits per heavy atom. The minimum Gasteiger partial charge on any atom is -0.352 e. The van der Waals surface area contributed by atoms with Gasteiger partial charge in [0.2, 0.25) is 0 Å². The van der Waals surface area contributed by atoms with Gasteiger partial charge in [-0.25, -0.2) is 9.78 Å². The highest BCUT2D eigenvalue weighted by atomic mass is 35.5. The quantitative estimate of drug-likeness (QED) is 0.728. The average Bonchev–Trinajstić information content (AvgIpc) is 2.71. The van der Waals surface area contributed by atoms with Gasteiger partial charge >= 0.3 is 12.2 Å². The number of anilines is 1. The first-order valence-corrected chi connectivity index (χ1v) is 9.77. The molecule has 29 heavy (non-hydrogen) atoms. The molecule has 1 fully saturated rings. The highest BCUT2D eigenvalue weighted by Gasteiger charge is 2.32. The van der Waals surface area contributed by atoms with Crippen molar-refractivity contribution in [1.82, 2.24) is 15.2 Å². The summed E-state index contributed by atoms with van der Waals surface area (Å²) in [7, 11) is 0. The number of aryl methyl sites for hydroxylation is 1. The number of hydrogen-bond acceptors (Lipinski definition) is 3. The molecule has 1 aromatic carbocycles. The van der Waals surface area contributed by atoms with Crippen LogP contribution in [0.1, 0.15) is 17.5 Å². The highest BCUT2D eigenvalue weighted by Crippen LogP contribution is 2.33. The lowest BCUT2D eigenvalue weighted by atomic mass is 10.1. The molecule has 1 aliphatic rings. The first kappa shape index (κ1) is 21.2. The summed E-state index contributed by atoms with van der Waals surface area (Å²) in [4.78, 5) is 19.7. The van der Waals surface area contributed by atoms with Crippen LogP contribution in [-0.4, -0.2) is 48.6 Å². The van der Waals surface area contributed by atoms with Crippen LogP contribution >= 0.6 is 11.6 Å². The molecule has 2 heterocycles. The summed E-state index contributed by atoms with van der Waals surface area (Å²) in [5, 5.41) is 2.87. The van der Waals surface area contributed by atoms with Gasteiger partial charge in [0, 0.05) is 38.9 Å². The molecule has 1 aliphatic heterocycles. The molecule has 0 radical (unpaired) electrons. The van der Waals surface area contributed by atoms with Crippen LogP contribution in [0.25, 0.3) is 0 Å². The highest BCUT2D eigenvalue weighted by molar-refractivity contribution is 6.33. The maximum atomic E-state index is 12.7. The van der Waals surface area contributed by atoms with Gasteiger partial charge in [-0.3, -0.25) is 0 Å². The van der Waals surface area contributed by atoms with Crippen LogP contribution in [0, 0.1) is 0 Å². The summed E-state index contributed by atoms with van der Waals surface area (Å²) in [6, 6.07) is 10.8. The molecule has 156 valence electrons. The Morgan fingerprint density at radius 3 is 2.45 bits per heavy atom. The maximum absolute atomic E-state index is 12.7. The normalized spacial score (nSPS) is 14.8. The number of nitrogens with one attached hydrogen (secondary N) is 1. The number of halogens is 4. The summed E-state index contributed by atoms with van der Waals surface area (Å²) in [5.74, 6) is 0.308. The predicted octanol–water partition coefficient (Wildman–Crippen LogP) is 4.22. The number of hydrogen-bond donors (Lipinski definition) is 1.